The second-order valence-electron chi connectivity index (χ2n) is 5.30. The Hall–Kier alpha value is -1.61. The van der Waals surface area contributed by atoms with Crippen molar-refractivity contribution in [3.8, 4) is 0 Å². The lowest BCUT2D eigenvalue weighted by molar-refractivity contribution is -0.119. The van der Waals surface area contributed by atoms with Crippen LogP contribution in [0.4, 0.5) is 5.82 Å². The number of aromatic nitrogens is 2. The average molecular weight is 315 g/mol. The van der Waals surface area contributed by atoms with Crippen molar-refractivity contribution < 1.29 is 13.2 Å². The maximum Gasteiger partial charge on any atom is 0.248 e. The Bertz CT molecular complexity index is 644. The number of nitrogens with two attached hydrogens (primary N) is 1. The summed E-state index contributed by atoms with van der Waals surface area (Å²) in [5.41, 5.74) is 6.26. The van der Waals surface area contributed by atoms with Crippen LogP contribution in [0.1, 0.15) is 25.5 Å². The van der Waals surface area contributed by atoms with Gasteiger partial charge in [0.05, 0.1) is 5.69 Å². The van der Waals surface area contributed by atoms with Gasteiger partial charge in [0.2, 0.25) is 15.9 Å². The Labute approximate surface area is 124 Å². The first kappa shape index (κ1) is 15.8. The fourth-order valence-electron chi connectivity index (χ4n) is 2.59. The second kappa shape index (κ2) is 5.64. The zero-order chi connectivity index (χ0) is 15.8. The molecule has 0 bridgehead atoms. The first-order chi connectivity index (χ1) is 9.73. The van der Waals surface area contributed by atoms with E-state index < -0.39 is 10.0 Å². The van der Waals surface area contributed by atoms with Crippen molar-refractivity contribution >= 4 is 21.7 Å². The molecule has 1 aromatic heterocycles. The van der Waals surface area contributed by atoms with Crippen LogP contribution < -0.4 is 11.1 Å². The first-order valence-electron chi connectivity index (χ1n) is 6.79. The summed E-state index contributed by atoms with van der Waals surface area (Å²) in [6.07, 6.45) is 1.19. The van der Waals surface area contributed by atoms with E-state index in [0.717, 1.165) is 0 Å². The molecule has 2 rings (SSSR count). The van der Waals surface area contributed by atoms with Gasteiger partial charge in [0.1, 0.15) is 4.90 Å². The molecule has 1 fully saturated rings. The molecule has 0 spiro atoms. The van der Waals surface area contributed by atoms with E-state index in [1.54, 1.807) is 14.0 Å². The molecule has 0 aromatic carbocycles. The predicted molar refractivity (Wildman–Crippen MR) is 78.0 cm³/mol. The van der Waals surface area contributed by atoms with Gasteiger partial charge >= 0.3 is 0 Å². The highest BCUT2D eigenvalue weighted by Crippen LogP contribution is 2.27. The zero-order valence-electron chi connectivity index (χ0n) is 12.5. The molecule has 2 heterocycles. The van der Waals surface area contributed by atoms with Gasteiger partial charge in [-0.05, 0) is 19.8 Å². The SMILES string of the molecule is CC(=O)NC1CCN(S(=O)(=O)c2c(N)nn(C)c2C)CC1. The van der Waals surface area contributed by atoms with Gasteiger partial charge in [0, 0.05) is 33.1 Å². The van der Waals surface area contributed by atoms with Crippen molar-refractivity contribution in [1.29, 1.82) is 0 Å². The number of anilines is 1. The molecular formula is C12H21N5O3S. The number of rotatable bonds is 3. The Balaban J connectivity index is 2.17. The molecule has 0 saturated carbocycles. The van der Waals surface area contributed by atoms with Crippen LogP contribution in [0.25, 0.3) is 0 Å². The normalized spacial score (nSPS) is 17.9. The topological polar surface area (TPSA) is 110 Å². The van der Waals surface area contributed by atoms with E-state index in [-0.39, 0.29) is 22.7 Å². The molecule has 0 unspecified atom stereocenters. The average Bonchev–Trinajstić information content (AvgIpc) is 2.63. The Morgan fingerprint density at radius 1 is 1.38 bits per heavy atom. The summed E-state index contributed by atoms with van der Waals surface area (Å²) in [4.78, 5) is 11.1. The van der Waals surface area contributed by atoms with Crippen LogP contribution in [0.3, 0.4) is 0 Å². The van der Waals surface area contributed by atoms with Crippen molar-refractivity contribution in [3.63, 3.8) is 0 Å². The molecule has 3 N–H and O–H groups in total. The van der Waals surface area contributed by atoms with Gasteiger partial charge in [0.25, 0.3) is 0 Å². The summed E-state index contributed by atoms with van der Waals surface area (Å²) in [6.45, 7) is 3.87. The van der Waals surface area contributed by atoms with E-state index in [9.17, 15) is 13.2 Å². The summed E-state index contributed by atoms with van der Waals surface area (Å²) >= 11 is 0. The third-order valence-electron chi connectivity index (χ3n) is 3.76. The number of amides is 1. The predicted octanol–water partition coefficient (Wildman–Crippen LogP) is -0.400. The van der Waals surface area contributed by atoms with Crippen molar-refractivity contribution in [2.45, 2.75) is 37.6 Å². The summed E-state index contributed by atoms with van der Waals surface area (Å²) in [5.74, 6) is -0.0670. The molecule has 21 heavy (non-hydrogen) atoms. The van der Waals surface area contributed by atoms with Gasteiger partial charge in [-0.3, -0.25) is 9.48 Å². The molecule has 1 aromatic rings. The van der Waals surface area contributed by atoms with Crippen LogP contribution in [-0.4, -0.2) is 47.5 Å². The van der Waals surface area contributed by atoms with E-state index in [1.807, 2.05) is 0 Å². The lowest BCUT2D eigenvalue weighted by Gasteiger charge is -2.31. The fourth-order valence-corrected chi connectivity index (χ4v) is 4.35. The standard InChI is InChI=1S/C12H21N5O3S/c1-8-11(12(13)15-16(8)3)21(19,20)17-6-4-10(5-7-17)14-9(2)18/h10H,4-7H2,1-3H3,(H2,13,15)(H,14,18). The minimum atomic E-state index is -3.64. The summed E-state index contributed by atoms with van der Waals surface area (Å²) in [7, 11) is -1.98. The molecule has 1 aliphatic rings. The van der Waals surface area contributed by atoms with Crippen LogP contribution in [0, 0.1) is 6.92 Å². The summed E-state index contributed by atoms with van der Waals surface area (Å²) in [6, 6.07) is 0.0290. The van der Waals surface area contributed by atoms with Crippen LogP contribution in [0.5, 0.6) is 0 Å². The summed E-state index contributed by atoms with van der Waals surface area (Å²) < 4.78 is 28.2. The third kappa shape index (κ3) is 3.03. The lowest BCUT2D eigenvalue weighted by atomic mass is 10.1. The minimum Gasteiger partial charge on any atom is -0.381 e. The number of nitrogen functional groups attached to an aromatic ring is 1. The monoisotopic (exact) mass is 315 g/mol. The number of aryl methyl sites for hydroxylation is 1. The Morgan fingerprint density at radius 2 is 1.95 bits per heavy atom. The fraction of sp³-hybridized carbons (Fsp3) is 0.667. The quantitative estimate of drug-likeness (QED) is 0.788. The Morgan fingerprint density at radius 3 is 2.38 bits per heavy atom. The smallest absolute Gasteiger partial charge is 0.248 e. The van der Waals surface area contributed by atoms with E-state index in [1.165, 1.54) is 15.9 Å². The number of sulfonamides is 1. The van der Waals surface area contributed by atoms with Crippen molar-refractivity contribution in [3.05, 3.63) is 5.69 Å². The Kier molecular flexibility index (Phi) is 4.24. The number of nitrogens with zero attached hydrogens (tertiary/aromatic N) is 3. The molecule has 1 aliphatic heterocycles. The van der Waals surface area contributed by atoms with Crippen LogP contribution in [0.15, 0.2) is 4.90 Å². The highest BCUT2D eigenvalue weighted by atomic mass is 32.2. The molecule has 0 atom stereocenters. The molecule has 0 aliphatic carbocycles. The van der Waals surface area contributed by atoms with E-state index in [0.29, 0.717) is 31.6 Å². The lowest BCUT2D eigenvalue weighted by Crippen LogP contribution is -2.46. The van der Waals surface area contributed by atoms with Gasteiger partial charge in [-0.1, -0.05) is 0 Å². The molecule has 1 saturated heterocycles. The summed E-state index contributed by atoms with van der Waals surface area (Å²) in [5, 5.41) is 6.78. The van der Waals surface area contributed by atoms with Gasteiger partial charge in [-0.2, -0.15) is 9.40 Å². The maximum atomic E-state index is 12.7. The highest BCUT2D eigenvalue weighted by Gasteiger charge is 2.33. The number of nitrogens with one attached hydrogen (secondary N) is 1. The number of hydrogen-bond donors (Lipinski definition) is 2. The zero-order valence-corrected chi connectivity index (χ0v) is 13.3. The molecule has 118 valence electrons. The van der Waals surface area contributed by atoms with E-state index in [4.69, 9.17) is 5.73 Å². The molecule has 8 nitrogen and oxygen atoms in total. The van der Waals surface area contributed by atoms with E-state index >= 15 is 0 Å². The molecule has 9 heteroatoms. The second-order valence-corrected chi connectivity index (χ2v) is 7.18. The van der Waals surface area contributed by atoms with Gasteiger partial charge in [-0.15, -0.1) is 0 Å². The van der Waals surface area contributed by atoms with Crippen molar-refractivity contribution in [2.75, 3.05) is 18.8 Å². The molecule has 1 amide bonds. The molecular weight excluding hydrogens is 294 g/mol. The van der Waals surface area contributed by atoms with E-state index in [2.05, 4.69) is 10.4 Å². The largest absolute Gasteiger partial charge is 0.381 e. The first-order valence-corrected chi connectivity index (χ1v) is 8.23. The van der Waals surface area contributed by atoms with Crippen molar-refractivity contribution in [2.24, 2.45) is 7.05 Å². The highest BCUT2D eigenvalue weighted by molar-refractivity contribution is 7.89. The van der Waals surface area contributed by atoms with Gasteiger partial charge < -0.3 is 11.1 Å². The third-order valence-corrected chi connectivity index (χ3v) is 5.83. The van der Waals surface area contributed by atoms with Crippen LogP contribution in [-0.2, 0) is 21.9 Å². The van der Waals surface area contributed by atoms with Crippen molar-refractivity contribution in [1.82, 2.24) is 19.4 Å². The number of hydrogen-bond acceptors (Lipinski definition) is 5. The van der Waals surface area contributed by atoms with Gasteiger partial charge in [0.15, 0.2) is 5.82 Å². The van der Waals surface area contributed by atoms with Crippen LogP contribution in [0.2, 0.25) is 0 Å². The molecule has 0 radical (unpaired) electrons. The van der Waals surface area contributed by atoms with Crippen LogP contribution >= 0.6 is 0 Å². The minimum absolute atomic E-state index is 0.0268. The number of piperidine rings is 1. The number of carbonyl (C=O) groups excluding carboxylic acids is 1. The van der Waals surface area contributed by atoms with Gasteiger partial charge in [-0.25, -0.2) is 8.42 Å². The number of carbonyl (C=O) groups is 1. The maximum absolute atomic E-state index is 12.7.